The molecule has 1 heterocycles. The maximum absolute atomic E-state index is 12.4. The number of benzene rings is 2. The molecule has 0 bridgehead atoms. The highest BCUT2D eigenvalue weighted by Gasteiger charge is 2.36. The van der Waals surface area contributed by atoms with Crippen LogP contribution in [-0.4, -0.2) is 41.9 Å². The van der Waals surface area contributed by atoms with Crippen molar-refractivity contribution in [3.05, 3.63) is 64.7 Å². The third kappa shape index (κ3) is 5.36. The van der Waals surface area contributed by atoms with Gasteiger partial charge in [0.15, 0.2) is 6.61 Å². The van der Waals surface area contributed by atoms with Gasteiger partial charge >= 0.3 is 5.97 Å². The normalized spacial score (nSPS) is 15.6. The van der Waals surface area contributed by atoms with E-state index in [9.17, 15) is 19.2 Å². The van der Waals surface area contributed by atoms with Crippen LogP contribution in [0.25, 0.3) is 0 Å². The van der Waals surface area contributed by atoms with E-state index in [0.717, 1.165) is 10.6 Å². The zero-order valence-electron chi connectivity index (χ0n) is 16.2. The average molecular weight is 430 g/mol. The third-order valence-corrected chi connectivity index (χ3v) is 4.81. The van der Waals surface area contributed by atoms with E-state index < -0.39 is 36.2 Å². The number of esters is 1. The highest BCUT2D eigenvalue weighted by atomic mass is 35.5. The Hall–Kier alpha value is -3.39. The monoisotopic (exact) mass is 429 g/mol. The van der Waals surface area contributed by atoms with Crippen LogP contribution < -0.4 is 10.7 Å². The molecule has 0 unspecified atom stereocenters. The first-order valence-corrected chi connectivity index (χ1v) is 9.60. The minimum Gasteiger partial charge on any atom is -0.455 e. The van der Waals surface area contributed by atoms with Gasteiger partial charge in [-0.2, -0.15) is 0 Å². The molecule has 0 saturated carbocycles. The molecule has 1 atom stereocenters. The largest absolute Gasteiger partial charge is 0.455 e. The lowest BCUT2D eigenvalue weighted by Gasteiger charge is -2.18. The zero-order chi connectivity index (χ0) is 21.7. The molecular formula is C21H20ClN3O5. The van der Waals surface area contributed by atoms with Crippen LogP contribution in [0.1, 0.15) is 22.3 Å². The van der Waals surface area contributed by atoms with Crippen molar-refractivity contribution < 1.29 is 23.9 Å². The number of nitrogens with zero attached hydrogens (tertiary/aromatic N) is 1. The van der Waals surface area contributed by atoms with Gasteiger partial charge in [0.2, 0.25) is 5.91 Å². The smallest absolute Gasteiger partial charge is 0.311 e. The summed E-state index contributed by atoms with van der Waals surface area (Å²) in [4.78, 5) is 48.7. The van der Waals surface area contributed by atoms with Crippen molar-refractivity contribution in [3.8, 4) is 0 Å². The fraction of sp³-hybridized carbons (Fsp3) is 0.238. The highest BCUT2D eigenvalue weighted by Crippen LogP contribution is 2.19. The first-order valence-electron chi connectivity index (χ1n) is 9.22. The first-order chi connectivity index (χ1) is 14.3. The minimum absolute atomic E-state index is 0.0198. The van der Waals surface area contributed by atoms with E-state index >= 15 is 0 Å². The number of halogens is 1. The highest BCUT2D eigenvalue weighted by molar-refractivity contribution is 6.30. The summed E-state index contributed by atoms with van der Waals surface area (Å²) in [7, 11) is 0. The number of nitrogens with one attached hydrogen (secondary N) is 2. The van der Waals surface area contributed by atoms with E-state index in [1.54, 1.807) is 49.4 Å². The van der Waals surface area contributed by atoms with Crippen molar-refractivity contribution in [2.45, 2.75) is 13.3 Å². The van der Waals surface area contributed by atoms with Crippen LogP contribution in [-0.2, 0) is 19.1 Å². The van der Waals surface area contributed by atoms with Gasteiger partial charge in [0.25, 0.3) is 11.8 Å². The molecule has 1 aliphatic rings. The molecule has 3 rings (SSSR count). The Labute approximate surface area is 178 Å². The van der Waals surface area contributed by atoms with Crippen LogP contribution >= 0.6 is 11.6 Å². The number of carbonyl (C=O) groups is 4. The molecule has 2 aromatic carbocycles. The Bertz CT molecular complexity index is 977. The van der Waals surface area contributed by atoms with Gasteiger partial charge in [-0.25, -0.2) is 0 Å². The van der Waals surface area contributed by atoms with Crippen molar-refractivity contribution in [1.29, 1.82) is 0 Å². The van der Waals surface area contributed by atoms with Gasteiger partial charge in [0, 0.05) is 22.7 Å². The summed E-state index contributed by atoms with van der Waals surface area (Å²) in [6.07, 6.45) is -0.105. The lowest BCUT2D eigenvalue weighted by Crippen LogP contribution is -2.43. The number of hydrogen-bond donors (Lipinski definition) is 2. The zero-order valence-corrected chi connectivity index (χ0v) is 16.9. The molecular weight excluding hydrogens is 410 g/mol. The van der Waals surface area contributed by atoms with E-state index in [1.807, 2.05) is 6.07 Å². The topological polar surface area (TPSA) is 105 Å². The van der Waals surface area contributed by atoms with Crippen LogP contribution in [0.4, 0.5) is 5.69 Å². The van der Waals surface area contributed by atoms with Gasteiger partial charge in [-0.15, -0.1) is 0 Å². The molecule has 0 aromatic heterocycles. The number of anilines is 1. The summed E-state index contributed by atoms with van der Waals surface area (Å²) in [6, 6.07) is 13.4. The fourth-order valence-corrected chi connectivity index (χ4v) is 3.09. The van der Waals surface area contributed by atoms with Crippen LogP contribution in [0, 0.1) is 12.8 Å². The van der Waals surface area contributed by atoms with Gasteiger partial charge in [0.05, 0.1) is 12.5 Å². The summed E-state index contributed by atoms with van der Waals surface area (Å²) in [6.45, 7) is 1.28. The van der Waals surface area contributed by atoms with Gasteiger partial charge in [-0.05, 0) is 42.8 Å². The number of amides is 3. The SMILES string of the molecule is Cc1ccccc1C(=O)NN1C[C@H](C(=O)OCC(=O)Nc2ccc(Cl)cc2)CC1=O. The number of hydrazine groups is 1. The summed E-state index contributed by atoms with van der Waals surface area (Å²) in [5, 5.41) is 4.21. The Morgan fingerprint density at radius 3 is 2.53 bits per heavy atom. The number of hydrogen-bond acceptors (Lipinski definition) is 5. The second-order valence-corrected chi connectivity index (χ2v) is 7.26. The average Bonchev–Trinajstić information content (AvgIpc) is 3.08. The molecule has 0 radical (unpaired) electrons. The Morgan fingerprint density at radius 2 is 1.83 bits per heavy atom. The fourth-order valence-electron chi connectivity index (χ4n) is 2.97. The second kappa shape index (κ2) is 9.41. The molecule has 156 valence electrons. The molecule has 2 N–H and O–H groups in total. The van der Waals surface area contributed by atoms with Crippen LogP contribution in [0.3, 0.4) is 0 Å². The van der Waals surface area contributed by atoms with Gasteiger partial charge in [0.1, 0.15) is 0 Å². The van der Waals surface area contributed by atoms with Crippen molar-refractivity contribution in [3.63, 3.8) is 0 Å². The number of rotatable bonds is 6. The summed E-state index contributed by atoms with van der Waals surface area (Å²) < 4.78 is 5.02. The van der Waals surface area contributed by atoms with Crippen LogP contribution in [0.15, 0.2) is 48.5 Å². The predicted octanol–water partition coefficient (Wildman–Crippen LogP) is 2.32. The number of aryl methyl sites for hydroxylation is 1. The summed E-state index contributed by atoms with van der Waals surface area (Å²) in [5.74, 6) is -2.79. The molecule has 1 fully saturated rings. The molecule has 30 heavy (non-hydrogen) atoms. The van der Waals surface area contributed by atoms with E-state index in [-0.39, 0.29) is 13.0 Å². The molecule has 2 aromatic rings. The van der Waals surface area contributed by atoms with Crippen molar-refractivity contribution in [2.24, 2.45) is 5.92 Å². The van der Waals surface area contributed by atoms with E-state index in [0.29, 0.717) is 16.3 Å². The summed E-state index contributed by atoms with van der Waals surface area (Å²) >= 11 is 5.78. The lowest BCUT2D eigenvalue weighted by molar-refractivity contribution is -0.151. The van der Waals surface area contributed by atoms with Crippen molar-refractivity contribution >= 4 is 41.0 Å². The van der Waals surface area contributed by atoms with Gasteiger partial charge in [-0.1, -0.05) is 29.8 Å². The molecule has 3 amide bonds. The lowest BCUT2D eigenvalue weighted by atomic mass is 10.1. The van der Waals surface area contributed by atoms with Crippen LogP contribution in [0.2, 0.25) is 5.02 Å². The predicted molar refractivity (Wildman–Crippen MR) is 110 cm³/mol. The van der Waals surface area contributed by atoms with Crippen molar-refractivity contribution in [2.75, 3.05) is 18.5 Å². The standard InChI is InChI=1S/C21H20ClN3O5/c1-13-4-2-3-5-17(13)20(28)24-25-11-14(10-19(25)27)21(29)30-12-18(26)23-16-8-6-15(22)7-9-16/h2-9,14H,10-12H2,1H3,(H,23,26)(H,24,28)/t14-/m1/s1. The Kier molecular flexibility index (Phi) is 6.68. The Morgan fingerprint density at radius 1 is 1.13 bits per heavy atom. The summed E-state index contributed by atoms with van der Waals surface area (Å²) in [5.41, 5.74) is 4.24. The molecule has 1 saturated heterocycles. The van der Waals surface area contributed by atoms with Gasteiger partial charge in [-0.3, -0.25) is 29.6 Å². The van der Waals surface area contributed by atoms with Crippen molar-refractivity contribution in [1.82, 2.24) is 10.4 Å². The first kappa shape index (κ1) is 21.3. The molecule has 9 heteroatoms. The molecule has 0 spiro atoms. The van der Waals surface area contributed by atoms with E-state index in [2.05, 4.69) is 10.7 Å². The number of ether oxygens (including phenoxy) is 1. The molecule has 0 aliphatic carbocycles. The maximum Gasteiger partial charge on any atom is 0.311 e. The van der Waals surface area contributed by atoms with E-state index in [4.69, 9.17) is 16.3 Å². The second-order valence-electron chi connectivity index (χ2n) is 6.82. The maximum atomic E-state index is 12.4. The quantitative estimate of drug-likeness (QED) is 0.686. The minimum atomic E-state index is -0.766. The Balaban J connectivity index is 1.48. The van der Waals surface area contributed by atoms with Gasteiger partial charge < -0.3 is 10.1 Å². The van der Waals surface area contributed by atoms with E-state index in [1.165, 1.54) is 0 Å². The third-order valence-electron chi connectivity index (χ3n) is 4.56. The number of carbonyl (C=O) groups excluding carboxylic acids is 4. The van der Waals surface area contributed by atoms with Crippen LogP contribution in [0.5, 0.6) is 0 Å². The molecule has 8 nitrogen and oxygen atoms in total. The molecule has 1 aliphatic heterocycles.